The number of thiazole rings is 1. The van der Waals surface area contributed by atoms with Gasteiger partial charge < -0.3 is 15.0 Å². The molecule has 1 saturated carbocycles. The fourth-order valence-electron chi connectivity index (χ4n) is 2.90. The molecule has 1 aliphatic carbocycles. The lowest BCUT2D eigenvalue weighted by Gasteiger charge is -2.26. The molecule has 5 nitrogen and oxygen atoms in total. The summed E-state index contributed by atoms with van der Waals surface area (Å²) in [5.41, 5.74) is 1.23. The van der Waals surface area contributed by atoms with Crippen LogP contribution in [0.2, 0.25) is 0 Å². The zero-order valence-corrected chi connectivity index (χ0v) is 14.2. The Morgan fingerprint density at radius 2 is 2.18 bits per heavy atom. The van der Waals surface area contributed by atoms with Crippen LogP contribution in [-0.4, -0.2) is 43.7 Å². The van der Waals surface area contributed by atoms with Crippen LogP contribution in [0.15, 0.2) is 5.38 Å². The lowest BCUT2D eigenvalue weighted by Crippen LogP contribution is -2.36. The SMILES string of the molecule is CC(C)C1(CNC(=O)Cc2csc(N3CCOCC3)n2)CC1. The van der Waals surface area contributed by atoms with E-state index >= 15 is 0 Å². The van der Waals surface area contributed by atoms with Crippen molar-refractivity contribution in [1.29, 1.82) is 0 Å². The molecule has 2 heterocycles. The lowest BCUT2D eigenvalue weighted by molar-refractivity contribution is -0.120. The van der Waals surface area contributed by atoms with Crippen molar-refractivity contribution in [3.8, 4) is 0 Å². The Bertz CT molecular complexity index is 519. The summed E-state index contributed by atoms with van der Waals surface area (Å²) in [5.74, 6) is 0.728. The number of carbonyl (C=O) groups excluding carboxylic acids is 1. The minimum Gasteiger partial charge on any atom is -0.378 e. The van der Waals surface area contributed by atoms with Crippen molar-refractivity contribution in [2.75, 3.05) is 37.7 Å². The molecule has 2 aliphatic rings. The first-order valence-electron chi connectivity index (χ1n) is 8.13. The molecule has 1 N–H and O–H groups in total. The molecule has 1 saturated heterocycles. The van der Waals surface area contributed by atoms with Gasteiger partial charge in [0.05, 0.1) is 25.3 Å². The van der Waals surface area contributed by atoms with Crippen LogP contribution in [0.5, 0.6) is 0 Å². The van der Waals surface area contributed by atoms with Crippen LogP contribution in [-0.2, 0) is 16.0 Å². The highest BCUT2D eigenvalue weighted by Crippen LogP contribution is 2.51. The molecule has 0 aromatic carbocycles. The normalized spacial score (nSPS) is 20.2. The number of hydrogen-bond acceptors (Lipinski definition) is 5. The Morgan fingerprint density at radius 1 is 1.45 bits per heavy atom. The van der Waals surface area contributed by atoms with Gasteiger partial charge in [-0.3, -0.25) is 4.79 Å². The molecule has 1 amide bonds. The minimum absolute atomic E-state index is 0.0887. The maximum atomic E-state index is 12.1. The van der Waals surface area contributed by atoms with E-state index in [9.17, 15) is 4.79 Å². The average molecular weight is 323 g/mol. The highest BCUT2D eigenvalue weighted by Gasteiger charge is 2.45. The van der Waals surface area contributed by atoms with Crippen LogP contribution in [0, 0.1) is 11.3 Å². The summed E-state index contributed by atoms with van der Waals surface area (Å²) < 4.78 is 5.35. The number of nitrogens with zero attached hydrogens (tertiary/aromatic N) is 2. The van der Waals surface area contributed by atoms with E-state index in [1.807, 2.05) is 5.38 Å². The second-order valence-corrected chi connectivity index (χ2v) is 7.53. The molecular formula is C16H25N3O2S. The predicted molar refractivity (Wildman–Crippen MR) is 88.4 cm³/mol. The lowest BCUT2D eigenvalue weighted by atomic mass is 9.92. The number of aromatic nitrogens is 1. The van der Waals surface area contributed by atoms with Gasteiger partial charge in [-0.15, -0.1) is 11.3 Å². The monoisotopic (exact) mass is 323 g/mol. The smallest absolute Gasteiger partial charge is 0.226 e. The molecule has 22 heavy (non-hydrogen) atoms. The Hall–Kier alpha value is -1.14. The highest BCUT2D eigenvalue weighted by molar-refractivity contribution is 7.13. The minimum atomic E-state index is 0.0887. The summed E-state index contributed by atoms with van der Waals surface area (Å²) in [7, 11) is 0. The van der Waals surface area contributed by atoms with Gasteiger partial charge in [0.15, 0.2) is 5.13 Å². The van der Waals surface area contributed by atoms with Gasteiger partial charge in [-0.05, 0) is 24.2 Å². The first-order chi connectivity index (χ1) is 10.6. The van der Waals surface area contributed by atoms with Crippen LogP contribution < -0.4 is 10.2 Å². The third-order valence-electron chi connectivity index (χ3n) is 4.92. The largest absolute Gasteiger partial charge is 0.378 e. The third-order valence-corrected chi connectivity index (χ3v) is 5.87. The molecule has 0 bridgehead atoms. The first kappa shape index (κ1) is 15.7. The summed E-state index contributed by atoms with van der Waals surface area (Å²) >= 11 is 1.62. The second-order valence-electron chi connectivity index (χ2n) is 6.69. The topological polar surface area (TPSA) is 54.5 Å². The summed E-state index contributed by atoms with van der Waals surface area (Å²) in [6, 6.07) is 0. The zero-order valence-electron chi connectivity index (χ0n) is 13.4. The van der Waals surface area contributed by atoms with Gasteiger partial charge >= 0.3 is 0 Å². The summed E-state index contributed by atoms with van der Waals surface area (Å²) in [5, 5.41) is 6.10. The number of nitrogens with one attached hydrogen (secondary N) is 1. The molecule has 0 spiro atoms. The molecule has 122 valence electrons. The fourth-order valence-corrected chi connectivity index (χ4v) is 3.78. The molecule has 0 radical (unpaired) electrons. The van der Waals surface area contributed by atoms with Crippen molar-refractivity contribution in [2.45, 2.75) is 33.1 Å². The molecule has 0 atom stereocenters. The predicted octanol–water partition coefficient (Wildman–Crippen LogP) is 2.07. The van der Waals surface area contributed by atoms with Crippen molar-refractivity contribution >= 4 is 22.4 Å². The fraction of sp³-hybridized carbons (Fsp3) is 0.750. The summed E-state index contributed by atoms with van der Waals surface area (Å²) in [4.78, 5) is 18.9. The van der Waals surface area contributed by atoms with Gasteiger partial charge in [0.1, 0.15) is 0 Å². The molecule has 3 rings (SSSR count). The highest BCUT2D eigenvalue weighted by atomic mass is 32.1. The summed E-state index contributed by atoms with van der Waals surface area (Å²) in [6.45, 7) is 8.58. The van der Waals surface area contributed by atoms with Crippen LogP contribution in [0.4, 0.5) is 5.13 Å². The van der Waals surface area contributed by atoms with Crippen LogP contribution in [0.1, 0.15) is 32.4 Å². The maximum Gasteiger partial charge on any atom is 0.226 e. The zero-order chi connectivity index (χ0) is 15.6. The van der Waals surface area contributed by atoms with E-state index < -0.39 is 0 Å². The Balaban J connectivity index is 1.48. The maximum absolute atomic E-state index is 12.1. The van der Waals surface area contributed by atoms with Crippen molar-refractivity contribution in [3.05, 3.63) is 11.1 Å². The molecule has 1 aromatic heterocycles. The van der Waals surface area contributed by atoms with Gasteiger partial charge in [0.2, 0.25) is 5.91 Å². The van der Waals surface area contributed by atoms with Gasteiger partial charge in [0.25, 0.3) is 0 Å². The standard InChI is InChI=1S/C16H25N3O2S/c1-12(2)16(3-4-16)11-17-14(20)9-13-10-22-15(18-13)19-5-7-21-8-6-19/h10,12H,3-9,11H2,1-2H3,(H,17,20). The van der Waals surface area contributed by atoms with Crippen molar-refractivity contribution in [2.24, 2.45) is 11.3 Å². The molecular weight excluding hydrogens is 298 g/mol. The van der Waals surface area contributed by atoms with E-state index in [1.165, 1.54) is 12.8 Å². The quantitative estimate of drug-likeness (QED) is 0.871. The molecule has 0 unspecified atom stereocenters. The molecule has 1 aromatic rings. The van der Waals surface area contributed by atoms with Gasteiger partial charge in [-0.1, -0.05) is 13.8 Å². The summed E-state index contributed by atoms with van der Waals surface area (Å²) in [6.07, 6.45) is 2.86. The number of rotatable bonds is 6. The number of anilines is 1. The Morgan fingerprint density at radius 3 is 2.82 bits per heavy atom. The number of hydrogen-bond donors (Lipinski definition) is 1. The van der Waals surface area contributed by atoms with E-state index in [1.54, 1.807) is 11.3 Å². The number of carbonyl (C=O) groups is 1. The van der Waals surface area contributed by atoms with Gasteiger partial charge in [-0.2, -0.15) is 0 Å². The van der Waals surface area contributed by atoms with E-state index in [-0.39, 0.29) is 5.91 Å². The van der Waals surface area contributed by atoms with Crippen molar-refractivity contribution in [1.82, 2.24) is 10.3 Å². The number of amides is 1. The van der Waals surface area contributed by atoms with E-state index in [4.69, 9.17) is 4.74 Å². The Kier molecular flexibility index (Phi) is 4.68. The number of ether oxygens (including phenoxy) is 1. The number of morpholine rings is 1. The van der Waals surface area contributed by atoms with Crippen LogP contribution in [0.25, 0.3) is 0 Å². The third kappa shape index (κ3) is 3.60. The first-order valence-corrected chi connectivity index (χ1v) is 9.01. The van der Waals surface area contributed by atoms with E-state index in [2.05, 4.69) is 29.0 Å². The van der Waals surface area contributed by atoms with Gasteiger partial charge in [0, 0.05) is 25.0 Å². The molecule has 6 heteroatoms. The van der Waals surface area contributed by atoms with E-state index in [0.717, 1.165) is 43.7 Å². The molecule has 2 fully saturated rings. The van der Waals surface area contributed by atoms with E-state index in [0.29, 0.717) is 17.8 Å². The van der Waals surface area contributed by atoms with Crippen molar-refractivity contribution in [3.63, 3.8) is 0 Å². The average Bonchev–Trinajstić information content (AvgIpc) is 3.19. The Labute approximate surface area is 136 Å². The molecule has 1 aliphatic heterocycles. The second kappa shape index (κ2) is 6.54. The van der Waals surface area contributed by atoms with Crippen molar-refractivity contribution < 1.29 is 9.53 Å². The van der Waals surface area contributed by atoms with Gasteiger partial charge in [-0.25, -0.2) is 4.98 Å². The van der Waals surface area contributed by atoms with Crippen LogP contribution >= 0.6 is 11.3 Å². The van der Waals surface area contributed by atoms with Crippen LogP contribution in [0.3, 0.4) is 0 Å².